The summed E-state index contributed by atoms with van der Waals surface area (Å²) in [4.78, 5) is 14.8. The zero-order valence-corrected chi connectivity index (χ0v) is 13.9. The standard InChI is InChI=1S/C18H28N2O/c1-6-14(5)20-17(15-9-7-13(4)8-10-15)19-16(18(20)21)11-12(2)3/h7-10,12,14,16-17,19H,6,11H2,1-5H3. The predicted molar refractivity (Wildman–Crippen MR) is 86.9 cm³/mol. The molecule has 1 aliphatic heterocycles. The maximum atomic E-state index is 12.8. The lowest BCUT2D eigenvalue weighted by molar-refractivity contribution is -0.132. The smallest absolute Gasteiger partial charge is 0.241 e. The first-order valence-corrected chi connectivity index (χ1v) is 8.08. The van der Waals surface area contributed by atoms with Crippen LogP contribution in [-0.4, -0.2) is 22.9 Å². The van der Waals surface area contributed by atoms with Gasteiger partial charge < -0.3 is 4.90 Å². The highest BCUT2D eigenvalue weighted by atomic mass is 16.2. The molecule has 116 valence electrons. The molecule has 3 unspecified atom stereocenters. The number of nitrogens with zero attached hydrogens (tertiary/aromatic N) is 1. The van der Waals surface area contributed by atoms with E-state index in [2.05, 4.69) is 64.2 Å². The second-order valence-corrected chi connectivity index (χ2v) is 6.66. The van der Waals surface area contributed by atoms with Crippen LogP contribution in [-0.2, 0) is 4.79 Å². The average Bonchev–Trinajstić information content (AvgIpc) is 2.75. The average molecular weight is 288 g/mol. The van der Waals surface area contributed by atoms with Crippen LogP contribution >= 0.6 is 0 Å². The van der Waals surface area contributed by atoms with Crippen molar-refractivity contribution in [3.63, 3.8) is 0 Å². The van der Waals surface area contributed by atoms with E-state index in [1.54, 1.807) is 0 Å². The van der Waals surface area contributed by atoms with Gasteiger partial charge in [-0.1, -0.05) is 50.6 Å². The van der Waals surface area contributed by atoms with Crippen LogP contribution in [0.25, 0.3) is 0 Å². The summed E-state index contributed by atoms with van der Waals surface area (Å²) in [6.45, 7) is 10.7. The van der Waals surface area contributed by atoms with Crippen molar-refractivity contribution in [2.45, 2.75) is 65.7 Å². The minimum absolute atomic E-state index is 0.0109. The van der Waals surface area contributed by atoms with Gasteiger partial charge in [0.2, 0.25) is 5.91 Å². The molecule has 0 aliphatic carbocycles. The van der Waals surface area contributed by atoms with Gasteiger partial charge >= 0.3 is 0 Å². The highest BCUT2D eigenvalue weighted by Crippen LogP contribution is 2.30. The summed E-state index contributed by atoms with van der Waals surface area (Å²) in [5.41, 5.74) is 2.43. The van der Waals surface area contributed by atoms with E-state index in [4.69, 9.17) is 0 Å². The Balaban J connectivity index is 2.28. The number of amides is 1. The quantitative estimate of drug-likeness (QED) is 0.897. The molecule has 1 N–H and O–H groups in total. The SMILES string of the molecule is CCC(C)N1C(=O)C(CC(C)C)NC1c1ccc(C)cc1. The van der Waals surface area contributed by atoms with Crippen LogP contribution in [0.15, 0.2) is 24.3 Å². The molecule has 1 heterocycles. The molecule has 1 aliphatic rings. The summed E-state index contributed by atoms with van der Waals surface area (Å²) in [7, 11) is 0. The molecule has 21 heavy (non-hydrogen) atoms. The van der Waals surface area contributed by atoms with Crippen molar-refractivity contribution in [1.29, 1.82) is 0 Å². The molecule has 0 bridgehead atoms. The van der Waals surface area contributed by atoms with Crippen molar-refractivity contribution in [3.8, 4) is 0 Å². The van der Waals surface area contributed by atoms with Crippen molar-refractivity contribution < 1.29 is 4.79 Å². The van der Waals surface area contributed by atoms with Crippen LogP contribution in [0.2, 0.25) is 0 Å². The third kappa shape index (κ3) is 3.46. The van der Waals surface area contributed by atoms with Gasteiger partial charge in [0.1, 0.15) is 6.17 Å². The summed E-state index contributed by atoms with van der Waals surface area (Å²) in [5.74, 6) is 0.769. The molecule has 0 saturated carbocycles. The second kappa shape index (κ2) is 6.61. The molecule has 0 radical (unpaired) electrons. The Bertz CT molecular complexity index is 480. The largest absolute Gasteiger partial charge is 0.319 e. The molecule has 0 spiro atoms. The topological polar surface area (TPSA) is 32.3 Å². The Morgan fingerprint density at radius 2 is 1.81 bits per heavy atom. The van der Waals surface area contributed by atoms with Crippen molar-refractivity contribution >= 4 is 5.91 Å². The maximum absolute atomic E-state index is 12.8. The number of rotatable bonds is 5. The minimum atomic E-state index is -0.0506. The fraction of sp³-hybridized carbons (Fsp3) is 0.611. The number of benzene rings is 1. The van der Waals surface area contributed by atoms with Gasteiger partial charge in [0.15, 0.2) is 0 Å². The molecule has 1 amide bonds. The van der Waals surface area contributed by atoms with Gasteiger partial charge in [-0.2, -0.15) is 0 Å². The fourth-order valence-electron chi connectivity index (χ4n) is 2.96. The van der Waals surface area contributed by atoms with Crippen molar-refractivity contribution in [2.75, 3.05) is 0 Å². The first kappa shape index (κ1) is 16.0. The number of aryl methyl sites for hydroxylation is 1. The Hall–Kier alpha value is -1.35. The molecule has 3 nitrogen and oxygen atoms in total. The second-order valence-electron chi connectivity index (χ2n) is 6.66. The molecule has 2 rings (SSSR count). The Labute approximate surface area is 128 Å². The van der Waals surface area contributed by atoms with Crippen molar-refractivity contribution in [1.82, 2.24) is 10.2 Å². The summed E-state index contributed by atoms with van der Waals surface area (Å²) in [6, 6.07) is 8.71. The van der Waals surface area contributed by atoms with Crippen LogP contribution in [0, 0.1) is 12.8 Å². The molecule has 1 aromatic rings. The van der Waals surface area contributed by atoms with Crippen molar-refractivity contribution in [3.05, 3.63) is 35.4 Å². The molecule has 1 saturated heterocycles. The first-order chi connectivity index (χ1) is 9.93. The normalized spacial score (nSPS) is 23.9. The van der Waals surface area contributed by atoms with E-state index in [1.165, 1.54) is 11.1 Å². The summed E-state index contributed by atoms with van der Waals surface area (Å²) < 4.78 is 0. The first-order valence-electron chi connectivity index (χ1n) is 8.08. The number of hydrogen-bond acceptors (Lipinski definition) is 2. The summed E-state index contributed by atoms with van der Waals surface area (Å²) in [6.07, 6.45) is 1.88. The molecule has 1 fully saturated rings. The predicted octanol–water partition coefficient (Wildman–Crippen LogP) is 3.64. The van der Waals surface area contributed by atoms with Gasteiger partial charge in [0, 0.05) is 6.04 Å². The molecule has 3 atom stereocenters. The van der Waals surface area contributed by atoms with Gasteiger partial charge in [0.25, 0.3) is 0 Å². The molecule has 0 aromatic heterocycles. The van der Waals surface area contributed by atoms with Crippen LogP contribution in [0.5, 0.6) is 0 Å². The van der Waals surface area contributed by atoms with Crippen molar-refractivity contribution in [2.24, 2.45) is 5.92 Å². The summed E-state index contributed by atoms with van der Waals surface area (Å²) >= 11 is 0. The third-order valence-electron chi connectivity index (χ3n) is 4.36. The minimum Gasteiger partial charge on any atom is -0.319 e. The van der Waals surface area contributed by atoms with Crippen LogP contribution in [0.4, 0.5) is 0 Å². The molecular weight excluding hydrogens is 260 g/mol. The van der Waals surface area contributed by atoms with Gasteiger partial charge in [-0.25, -0.2) is 0 Å². The lowest BCUT2D eigenvalue weighted by Crippen LogP contribution is -2.38. The number of hydrogen-bond donors (Lipinski definition) is 1. The zero-order valence-electron chi connectivity index (χ0n) is 13.9. The third-order valence-corrected chi connectivity index (χ3v) is 4.36. The van der Waals surface area contributed by atoms with E-state index in [0.29, 0.717) is 5.92 Å². The molecular formula is C18H28N2O. The maximum Gasteiger partial charge on any atom is 0.241 e. The molecule has 3 heteroatoms. The lowest BCUT2D eigenvalue weighted by Gasteiger charge is -2.30. The van der Waals surface area contributed by atoms with E-state index in [0.717, 1.165) is 12.8 Å². The van der Waals surface area contributed by atoms with Gasteiger partial charge in [0.05, 0.1) is 6.04 Å². The molecule has 1 aromatic carbocycles. The highest BCUT2D eigenvalue weighted by Gasteiger charge is 2.41. The Morgan fingerprint density at radius 3 is 2.33 bits per heavy atom. The number of carbonyl (C=O) groups excluding carboxylic acids is 1. The summed E-state index contributed by atoms with van der Waals surface area (Å²) in [5, 5.41) is 3.55. The van der Waals surface area contributed by atoms with E-state index in [-0.39, 0.29) is 24.2 Å². The lowest BCUT2D eigenvalue weighted by atomic mass is 10.0. The monoisotopic (exact) mass is 288 g/mol. The highest BCUT2D eigenvalue weighted by molar-refractivity contribution is 5.84. The van der Waals surface area contributed by atoms with Gasteiger partial charge in [-0.3, -0.25) is 10.1 Å². The number of nitrogens with one attached hydrogen (secondary N) is 1. The van der Waals surface area contributed by atoms with E-state index >= 15 is 0 Å². The van der Waals surface area contributed by atoms with Gasteiger partial charge in [-0.05, 0) is 38.2 Å². The van der Waals surface area contributed by atoms with Crippen LogP contribution in [0.3, 0.4) is 0 Å². The van der Waals surface area contributed by atoms with Crippen LogP contribution in [0.1, 0.15) is 57.8 Å². The Kier molecular flexibility index (Phi) is 5.04. The van der Waals surface area contributed by atoms with E-state index in [1.807, 2.05) is 4.90 Å². The van der Waals surface area contributed by atoms with E-state index in [9.17, 15) is 4.79 Å². The van der Waals surface area contributed by atoms with E-state index < -0.39 is 0 Å². The van der Waals surface area contributed by atoms with Crippen LogP contribution < -0.4 is 5.32 Å². The zero-order chi connectivity index (χ0) is 15.6. The Morgan fingerprint density at radius 1 is 1.19 bits per heavy atom. The van der Waals surface area contributed by atoms with Gasteiger partial charge in [-0.15, -0.1) is 0 Å². The number of carbonyl (C=O) groups is 1. The fourth-order valence-corrected chi connectivity index (χ4v) is 2.96.